The van der Waals surface area contributed by atoms with Crippen molar-refractivity contribution >= 4 is 46.3 Å². The Bertz CT molecular complexity index is 1410. The van der Waals surface area contributed by atoms with Gasteiger partial charge in [-0.25, -0.2) is 0 Å². The van der Waals surface area contributed by atoms with E-state index in [4.69, 9.17) is 11.5 Å². The van der Waals surface area contributed by atoms with Gasteiger partial charge in [0.2, 0.25) is 23.6 Å². The number of aromatic amines is 1. The predicted molar refractivity (Wildman–Crippen MR) is 171 cm³/mol. The molecule has 43 heavy (non-hydrogen) atoms. The van der Waals surface area contributed by atoms with Gasteiger partial charge in [-0.3, -0.25) is 19.2 Å². The Kier molecular flexibility index (Phi) is 12.2. The first-order valence-corrected chi connectivity index (χ1v) is 15.8. The van der Waals surface area contributed by atoms with Crippen LogP contribution in [0.5, 0.6) is 0 Å². The van der Waals surface area contributed by atoms with Gasteiger partial charge in [0, 0.05) is 17.3 Å². The van der Waals surface area contributed by atoms with Crippen LogP contribution in [-0.4, -0.2) is 59.0 Å². The van der Waals surface area contributed by atoms with Crippen molar-refractivity contribution in [1.29, 1.82) is 0 Å². The number of benzene rings is 2. The first-order valence-electron chi connectivity index (χ1n) is 14.6. The third kappa shape index (κ3) is 8.84. The minimum absolute atomic E-state index is 0.149. The molecular weight excluding hydrogens is 564 g/mol. The van der Waals surface area contributed by atoms with E-state index in [1.54, 1.807) is 13.8 Å². The second kappa shape index (κ2) is 15.6. The number of carbonyl (C=O) groups is 4. The highest BCUT2D eigenvalue weighted by atomic mass is 32.2. The molecule has 0 saturated heterocycles. The second-order valence-corrected chi connectivity index (χ2v) is 12.1. The number of hydrogen-bond donors (Lipinski definition) is 6. The molecule has 1 heterocycles. The molecule has 0 aliphatic carbocycles. The lowest BCUT2D eigenvalue weighted by Gasteiger charge is -2.28. The highest BCUT2D eigenvalue weighted by Gasteiger charge is 2.33. The van der Waals surface area contributed by atoms with Crippen molar-refractivity contribution in [2.24, 2.45) is 23.3 Å². The zero-order valence-corrected chi connectivity index (χ0v) is 26.3. The van der Waals surface area contributed by atoms with Gasteiger partial charge in [0.05, 0.1) is 11.1 Å². The number of para-hydroxylation sites is 1. The number of rotatable bonds is 15. The predicted octanol–water partition coefficient (Wildman–Crippen LogP) is 2.64. The normalized spacial score (nSPS) is 14.9. The van der Waals surface area contributed by atoms with Crippen molar-refractivity contribution < 1.29 is 19.2 Å². The van der Waals surface area contributed by atoms with E-state index in [2.05, 4.69) is 20.9 Å². The summed E-state index contributed by atoms with van der Waals surface area (Å²) in [4.78, 5) is 56.1. The largest absolute Gasteiger partial charge is 0.368 e. The fourth-order valence-corrected chi connectivity index (χ4v) is 5.62. The van der Waals surface area contributed by atoms with E-state index in [-0.39, 0.29) is 18.3 Å². The van der Waals surface area contributed by atoms with Crippen molar-refractivity contribution in [3.63, 3.8) is 0 Å². The van der Waals surface area contributed by atoms with Crippen LogP contribution < -0.4 is 27.4 Å². The molecule has 8 N–H and O–H groups in total. The molecule has 232 valence electrons. The zero-order valence-electron chi connectivity index (χ0n) is 25.5. The summed E-state index contributed by atoms with van der Waals surface area (Å²) in [7, 11) is 0. The third-order valence-electron chi connectivity index (χ3n) is 7.72. The summed E-state index contributed by atoms with van der Waals surface area (Å²) in [5, 5.41) is 10.2. The average molecular weight is 609 g/mol. The molecular formula is C32H44N6O4S. The first kappa shape index (κ1) is 33.7. The van der Waals surface area contributed by atoms with Gasteiger partial charge in [-0.05, 0) is 41.7 Å². The number of nitrogens with two attached hydrogens (primary N) is 2. The lowest BCUT2D eigenvalue weighted by atomic mass is 9.97. The van der Waals surface area contributed by atoms with Crippen LogP contribution in [0.3, 0.4) is 0 Å². The first-order chi connectivity index (χ1) is 20.5. The summed E-state index contributed by atoms with van der Waals surface area (Å²) in [6, 6.07) is 13.3. The van der Waals surface area contributed by atoms with Gasteiger partial charge in [-0.15, -0.1) is 11.8 Å². The molecule has 10 nitrogen and oxygen atoms in total. The lowest BCUT2D eigenvalue weighted by Crippen LogP contribution is -2.60. The fourth-order valence-electron chi connectivity index (χ4n) is 4.97. The average Bonchev–Trinajstić information content (AvgIpc) is 3.34. The highest BCUT2D eigenvalue weighted by Crippen LogP contribution is 2.29. The third-order valence-corrected chi connectivity index (χ3v) is 8.48. The number of carbonyl (C=O) groups excluding carboxylic acids is 4. The molecule has 0 fully saturated rings. The molecule has 11 heteroatoms. The molecule has 2 aromatic carbocycles. The Morgan fingerprint density at radius 3 is 2.07 bits per heavy atom. The minimum Gasteiger partial charge on any atom is -0.368 e. The molecule has 3 aromatic rings. The Balaban J connectivity index is 1.88. The highest BCUT2D eigenvalue weighted by molar-refractivity contribution is 7.98. The van der Waals surface area contributed by atoms with Crippen LogP contribution in [0.1, 0.15) is 45.2 Å². The summed E-state index contributed by atoms with van der Waals surface area (Å²) in [6.07, 6.45) is 3.01. The summed E-state index contributed by atoms with van der Waals surface area (Å²) in [5.41, 5.74) is 14.5. The van der Waals surface area contributed by atoms with Crippen LogP contribution in [0, 0.1) is 11.8 Å². The van der Waals surface area contributed by atoms with Crippen LogP contribution in [-0.2, 0) is 32.0 Å². The van der Waals surface area contributed by atoms with Gasteiger partial charge in [0.25, 0.3) is 0 Å². The van der Waals surface area contributed by atoms with E-state index in [9.17, 15) is 19.2 Å². The maximum Gasteiger partial charge on any atom is 0.243 e. The monoisotopic (exact) mass is 608 g/mol. The lowest BCUT2D eigenvalue weighted by molar-refractivity contribution is -0.134. The number of fused-ring (bicyclic) bond motifs is 1. The second-order valence-electron chi connectivity index (χ2n) is 11.2. The van der Waals surface area contributed by atoms with Gasteiger partial charge in [0.1, 0.15) is 18.1 Å². The number of nitrogens with one attached hydrogen (secondary N) is 4. The van der Waals surface area contributed by atoms with Gasteiger partial charge < -0.3 is 32.4 Å². The van der Waals surface area contributed by atoms with E-state index >= 15 is 0 Å². The maximum absolute atomic E-state index is 13.7. The SMILES string of the molecule is CC[C@H](C)[C@H](NC(=O)[C@H](Cc1c(SC)[nH]c2ccccc12)NC(=O)[C@@H](NC(=O)[C@@H](N)Cc1ccccc1)C(C)C)C(N)=O. The quantitative estimate of drug-likeness (QED) is 0.145. The standard InChI is InChI=1S/C32H44N6O4S/c1-6-19(4)27(28(34)39)38-30(41)25(17-22-21-14-10-11-15-24(21)36-32(22)43-5)35-31(42)26(18(2)3)37-29(40)23(33)16-20-12-8-7-9-13-20/h7-15,18-19,23,25-27,36H,6,16-17,33H2,1-5H3,(H2,34,39)(H,35,42)(H,37,40)(H,38,41)/t19-,23-,25-,26-,27-/m0/s1. The van der Waals surface area contributed by atoms with E-state index in [0.717, 1.165) is 27.1 Å². The summed E-state index contributed by atoms with van der Waals surface area (Å²) < 4.78 is 0. The van der Waals surface area contributed by atoms with E-state index in [0.29, 0.717) is 12.8 Å². The number of thioether (sulfide) groups is 1. The zero-order chi connectivity index (χ0) is 31.7. The molecule has 0 spiro atoms. The molecule has 0 saturated carbocycles. The van der Waals surface area contributed by atoms with Gasteiger partial charge in [-0.1, -0.05) is 82.6 Å². The van der Waals surface area contributed by atoms with E-state index < -0.39 is 47.8 Å². The summed E-state index contributed by atoms with van der Waals surface area (Å²) >= 11 is 1.50. The number of aromatic nitrogens is 1. The van der Waals surface area contributed by atoms with Crippen molar-refractivity contribution in [3.05, 3.63) is 65.7 Å². The van der Waals surface area contributed by atoms with Crippen molar-refractivity contribution in [3.8, 4) is 0 Å². The Hall–Kier alpha value is -3.83. The number of hydrogen-bond acceptors (Lipinski definition) is 6. The molecule has 0 bridgehead atoms. The van der Waals surface area contributed by atoms with Gasteiger partial charge >= 0.3 is 0 Å². The summed E-state index contributed by atoms with van der Waals surface area (Å²) in [6.45, 7) is 7.35. The van der Waals surface area contributed by atoms with Crippen molar-refractivity contribution in [2.45, 2.75) is 76.2 Å². The summed E-state index contributed by atoms with van der Waals surface area (Å²) in [5.74, 6) is -2.69. The van der Waals surface area contributed by atoms with Crippen molar-refractivity contribution in [2.75, 3.05) is 6.26 Å². The van der Waals surface area contributed by atoms with Crippen LogP contribution >= 0.6 is 11.8 Å². The maximum atomic E-state index is 13.7. The Morgan fingerprint density at radius 1 is 0.837 bits per heavy atom. The van der Waals surface area contributed by atoms with Crippen LogP contribution in [0.25, 0.3) is 10.9 Å². The molecule has 3 rings (SSSR count). The van der Waals surface area contributed by atoms with Crippen LogP contribution in [0.4, 0.5) is 0 Å². The molecule has 0 radical (unpaired) electrons. The molecule has 1 aromatic heterocycles. The molecule has 4 amide bonds. The van der Waals surface area contributed by atoms with Crippen LogP contribution in [0.2, 0.25) is 0 Å². The van der Waals surface area contributed by atoms with Gasteiger partial charge in [-0.2, -0.15) is 0 Å². The number of primary amides is 1. The molecule has 5 atom stereocenters. The molecule has 0 aliphatic rings. The smallest absolute Gasteiger partial charge is 0.243 e. The van der Waals surface area contributed by atoms with Crippen molar-refractivity contribution in [1.82, 2.24) is 20.9 Å². The Morgan fingerprint density at radius 2 is 1.47 bits per heavy atom. The topological polar surface area (TPSA) is 172 Å². The van der Waals surface area contributed by atoms with Crippen LogP contribution in [0.15, 0.2) is 59.6 Å². The van der Waals surface area contributed by atoms with E-state index in [1.807, 2.05) is 74.7 Å². The number of H-pyrrole nitrogens is 1. The van der Waals surface area contributed by atoms with E-state index in [1.165, 1.54) is 11.8 Å². The van der Waals surface area contributed by atoms with Gasteiger partial charge in [0.15, 0.2) is 0 Å². The number of amides is 4. The minimum atomic E-state index is -1.06. The molecule has 0 aliphatic heterocycles. The fraction of sp³-hybridized carbons (Fsp3) is 0.438. The Labute approximate surface area is 257 Å². The molecule has 0 unspecified atom stereocenters.